The van der Waals surface area contributed by atoms with Gasteiger partial charge in [0.1, 0.15) is 17.6 Å². The molecule has 2 rings (SSSR count). The number of nitrogens with one attached hydrogen (secondary N) is 1. The van der Waals surface area contributed by atoms with E-state index in [2.05, 4.69) is 10.3 Å². The molecule has 0 saturated carbocycles. The zero-order valence-corrected chi connectivity index (χ0v) is 10.3. The molecule has 0 aliphatic rings. The number of nitrogens with zero attached hydrogens (tertiary/aromatic N) is 2. The number of halogens is 2. The highest BCUT2D eigenvalue weighted by atomic mass is 35.5. The molecule has 0 fully saturated rings. The van der Waals surface area contributed by atoms with Gasteiger partial charge in [-0.25, -0.2) is 9.37 Å². The van der Waals surface area contributed by atoms with Gasteiger partial charge in [-0.05, 0) is 30.3 Å². The Kier molecular flexibility index (Phi) is 3.74. The van der Waals surface area contributed by atoms with Crippen molar-refractivity contribution in [3.63, 3.8) is 0 Å². The van der Waals surface area contributed by atoms with Gasteiger partial charge in [0.25, 0.3) is 5.91 Å². The number of anilines is 1. The molecule has 0 saturated heterocycles. The Bertz CT molecular complexity index is 665. The number of hydrogen-bond acceptors (Lipinski definition) is 3. The second-order valence-corrected chi connectivity index (χ2v) is 4.03. The third kappa shape index (κ3) is 3.06. The molecule has 1 N–H and O–H groups in total. The molecule has 6 heteroatoms. The first-order chi connectivity index (χ1) is 9.10. The quantitative estimate of drug-likeness (QED) is 0.916. The first-order valence-electron chi connectivity index (χ1n) is 5.22. The maximum atomic E-state index is 12.7. The predicted molar refractivity (Wildman–Crippen MR) is 68.3 cm³/mol. The van der Waals surface area contributed by atoms with E-state index in [0.717, 1.165) is 0 Å². The number of amides is 1. The van der Waals surface area contributed by atoms with Crippen LogP contribution in [0, 0.1) is 17.1 Å². The highest BCUT2D eigenvalue weighted by Gasteiger charge is 2.13. The highest BCUT2D eigenvalue weighted by Crippen LogP contribution is 2.17. The maximum Gasteiger partial charge on any atom is 0.275 e. The van der Waals surface area contributed by atoms with Gasteiger partial charge in [0.05, 0.1) is 10.6 Å². The number of benzene rings is 1. The van der Waals surface area contributed by atoms with E-state index in [1.807, 2.05) is 6.07 Å². The van der Waals surface area contributed by atoms with E-state index in [1.165, 1.54) is 36.5 Å². The lowest BCUT2D eigenvalue weighted by Gasteiger charge is -2.05. The number of pyridine rings is 1. The Morgan fingerprint density at radius 2 is 2.05 bits per heavy atom. The van der Waals surface area contributed by atoms with Crippen LogP contribution in [0.4, 0.5) is 10.1 Å². The lowest BCUT2D eigenvalue weighted by atomic mass is 10.2. The standard InChI is InChI=1S/C13H7ClFN3O/c14-11-5-8(6-16)7-17-12(11)13(19)18-10-3-1-9(15)2-4-10/h1-5,7H,(H,18,19). The number of rotatable bonds is 2. The largest absolute Gasteiger partial charge is 0.321 e. The van der Waals surface area contributed by atoms with E-state index < -0.39 is 11.7 Å². The van der Waals surface area contributed by atoms with Crippen LogP contribution >= 0.6 is 11.6 Å². The first kappa shape index (κ1) is 13.0. The zero-order chi connectivity index (χ0) is 13.8. The molecule has 1 aromatic heterocycles. The number of nitriles is 1. The fourth-order valence-electron chi connectivity index (χ4n) is 1.39. The van der Waals surface area contributed by atoms with Crippen LogP contribution in [0.15, 0.2) is 36.5 Å². The van der Waals surface area contributed by atoms with Crippen LogP contribution in [0.5, 0.6) is 0 Å². The van der Waals surface area contributed by atoms with Crippen molar-refractivity contribution in [1.82, 2.24) is 4.98 Å². The van der Waals surface area contributed by atoms with E-state index in [9.17, 15) is 9.18 Å². The average Bonchev–Trinajstić information content (AvgIpc) is 2.41. The van der Waals surface area contributed by atoms with Crippen LogP contribution in [-0.2, 0) is 0 Å². The van der Waals surface area contributed by atoms with Crippen molar-refractivity contribution in [2.75, 3.05) is 5.32 Å². The Morgan fingerprint density at radius 3 is 2.63 bits per heavy atom. The van der Waals surface area contributed by atoms with Gasteiger partial charge in [0, 0.05) is 11.9 Å². The molecule has 1 aromatic carbocycles. The average molecular weight is 276 g/mol. The summed E-state index contributed by atoms with van der Waals surface area (Å²) < 4.78 is 12.7. The Hall–Kier alpha value is -2.45. The summed E-state index contributed by atoms with van der Waals surface area (Å²) in [4.78, 5) is 15.7. The van der Waals surface area contributed by atoms with Crippen LogP contribution in [0.1, 0.15) is 16.1 Å². The fourth-order valence-corrected chi connectivity index (χ4v) is 1.64. The van der Waals surface area contributed by atoms with E-state index in [1.54, 1.807) is 0 Å². The Balaban J connectivity index is 2.21. The van der Waals surface area contributed by atoms with Crippen LogP contribution in [-0.4, -0.2) is 10.9 Å². The molecular formula is C13H7ClFN3O. The molecule has 0 atom stereocenters. The monoisotopic (exact) mass is 275 g/mol. The van der Waals surface area contributed by atoms with Gasteiger partial charge in [-0.1, -0.05) is 11.6 Å². The molecule has 0 aliphatic carbocycles. The summed E-state index contributed by atoms with van der Waals surface area (Å²) >= 11 is 5.86. The van der Waals surface area contributed by atoms with Gasteiger partial charge < -0.3 is 5.32 Å². The lowest BCUT2D eigenvalue weighted by Crippen LogP contribution is -2.14. The van der Waals surface area contributed by atoms with Crippen molar-refractivity contribution in [3.8, 4) is 6.07 Å². The molecule has 1 heterocycles. The minimum atomic E-state index is -0.527. The second-order valence-electron chi connectivity index (χ2n) is 3.63. The summed E-state index contributed by atoms with van der Waals surface area (Å²) in [6, 6.07) is 8.52. The Labute approximate surface area is 113 Å². The highest BCUT2D eigenvalue weighted by molar-refractivity contribution is 6.34. The van der Waals surface area contributed by atoms with E-state index in [-0.39, 0.29) is 16.3 Å². The number of aromatic nitrogens is 1. The third-order valence-electron chi connectivity index (χ3n) is 2.29. The molecule has 0 radical (unpaired) electrons. The van der Waals surface area contributed by atoms with Gasteiger partial charge in [-0.3, -0.25) is 4.79 Å². The number of hydrogen-bond donors (Lipinski definition) is 1. The van der Waals surface area contributed by atoms with Crippen molar-refractivity contribution in [2.24, 2.45) is 0 Å². The van der Waals surface area contributed by atoms with E-state index in [0.29, 0.717) is 5.69 Å². The van der Waals surface area contributed by atoms with Crippen molar-refractivity contribution in [2.45, 2.75) is 0 Å². The Morgan fingerprint density at radius 1 is 1.37 bits per heavy atom. The van der Waals surface area contributed by atoms with Gasteiger partial charge in [0.2, 0.25) is 0 Å². The number of carbonyl (C=O) groups is 1. The van der Waals surface area contributed by atoms with Gasteiger partial charge >= 0.3 is 0 Å². The predicted octanol–water partition coefficient (Wildman–Crippen LogP) is 3.00. The first-order valence-corrected chi connectivity index (χ1v) is 5.60. The molecule has 94 valence electrons. The topological polar surface area (TPSA) is 65.8 Å². The van der Waals surface area contributed by atoms with Crippen LogP contribution in [0.25, 0.3) is 0 Å². The van der Waals surface area contributed by atoms with Gasteiger partial charge in [-0.15, -0.1) is 0 Å². The van der Waals surface area contributed by atoms with Gasteiger partial charge in [0.15, 0.2) is 0 Å². The molecule has 0 aliphatic heterocycles. The van der Waals surface area contributed by atoms with E-state index >= 15 is 0 Å². The minimum Gasteiger partial charge on any atom is -0.321 e. The third-order valence-corrected chi connectivity index (χ3v) is 2.58. The lowest BCUT2D eigenvalue weighted by molar-refractivity contribution is 0.102. The normalized spacial score (nSPS) is 9.74. The smallest absolute Gasteiger partial charge is 0.275 e. The van der Waals surface area contributed by atoms with Crippen molar-refractivity contribution in [3.05, 3.63) is 58.6 Å². The second kappa shape index (κ2) is 5.46. The molecule has 19 heavy (non-hydrogen) atoms. The zero-order valence-electron chi connectivity index (χ0n) is 9.52. The molecule has 0 unspecified atom stereocenters. The van der Waals surface area contributed by atoms with Crippen LogP contribution in [0.3, 0.4) is 0 Å². The summed E-state index contributed by atoms with van der Waals surface area (Å²) in [6.07, 6.45) is 1.26. The van der Waals surface area contributed by atoms with Crippen LogP contribution < -0.4 is 5.32 Å². The number of carbonyl (C=O) groups excluding carboxylic acids is 1. The SMILES string of the molecule is N#Cc1cnc(C(=O)Nc2ccc(F)cc2)c(Cl)c1. The molecule has 2 aromatic rings. The van der Waals surface area contributed by atoms with E-state index in [4.69, 9.17) is 16.9 Å². The summed E-state index contributed by atoms with van der Waals surface area (Å²) in [5.41, 5.74) is 0.696. The van der Waals surface area contributed by atoms with Gasteiger partial charge in [-0.2, -0.15) is 5.26 Å². The summed E-state index contributed by atoms with van der Waals surface area (Å²) in [5, 5.41) is 11.3. The molecule has 4 nitrogen and oxygen atoms in total. The van der Waals surface area contributed by atoms with Crippen molar-refractivity contribution >= 4 is 23.2 Å². The van der Waals surface area contributed by atoms with Crippen LogP contribution in [0.2, 0.25) is 5.02 Å². The van der Waals surface area contributed by atoms with Crippen molar-refractivity contribution in [1.29, 1.82) is 5.26 Å². The molecule has 1 amide bonds. The summed E-state index contributed by atoms with van der Waals surface area (Å²) in [6.45, 7) is 0. The van der Waals surface area contributed by atoms with Crippen molar-refractivity contribution < 1.29 is 9.18 Å². The molecule has 0 spiro atoms. The molecular weight excluding hydrogens is 269 g/mol. The summed E-state index contributed by atoms with van der Waals surface area (Å²) in [7, 11) is 0. The molecule has 0 bridgehead atoms. The maximum absolute atomic E-state index is 12.7. The minimum absolute atomic E-state index is 0.00462. The fraction of sp³-hybridized carbons (Fsp3) is 0. The summed E-state index contributed by atoms with van der Waals surface area (Å²) in [5.74, 6) is -0.923.